The maximum absolute atomic E-state index is 8.64. The lowest BCUT2D eigenvalue weighted by atomic mass is 10.1. The monoisotopic (exact) mass is 691 g/mol. The van der Waals surface area contributed by atoms with Crippen LogP contribution in [0.3, 0.4) is 0 Å². The Hall–Kier alpha value is -6.21. The van der Waals surface area contributed by atoms with Crippen LogP contribution >= 0.6 is 22.7 Å². The molecule has 0 bridgehead atoms. The first-order valence-corrected chi connectivity index (χ1v) is 18.2. The minimum absolute atomic E-state index is 0.0195. The van der Waals surface area contributed by atoms with E-state index in [0.717, 1.165) is 42.5 Å². The largest absolute Gasteiger partial charge is 0.309 e. The highest BCUT2D eigenvalue weighted by Gasteiger charge is 2.18. The minimum Gasteiger partial charge on any atom is -0.309 e. The molecule has 4 heterocycles. The van der Waals surface area contributed by atoms with E-state index in [-0.39, 0.29) is 23.5 Å². The van der Waals surface area contributed by atoms with Crippen molar-refractivity contribution in [2.75, 3.05) is 0 Å². The molecule has 0 saturated carbocycles. The first kappa shape index (κ1) is 24.0. The molecule has 0 fully saturated rings. The number of hydrogen-bond donors (Lipinski definition) is 0. The zero-order valence-electron chi connectivity index (χ0n) is 31.7. The van der Waals surface area contributed by atoms with Gasteiger partial charge in [0.15, 0.2) is 17.5 Å². The molecular formula is C45H26N4S2. The maximum atomic E-state index is 8.64. The fourth-order valence-corrected chi connectivity index (χ4v) is 9.45. The second kappa shape index (κ2) is 11.2. The van der Waals surface area contributed by atoms with E-state index in [2.05, 4.69) is 101 Å². The first-order chi connectivity index (χ1) is 27.3. The highest BCUT2D eigenvalue weighted by atomic mass is 32.1. The van der Waals surface area contributed by atoms with Crippen LogP contribution in [0.5, 0.6) is 0 Å². The fraction of sp³-hybridized carbons (Fsp3) is 0. The molecule has 0 saturated heterocycles. The minimum atomic E-state index is -0.466. The van der Waals surface area contributed by atoms with E-state index in [1.54, 1.807) is 11.3 Å². The number of benzene rings is 7. The van der Waals surface area contributed by atoms with Crippen molar-refractivity contribution in [3.05, 3.63) is 158 Å². The summed E-state index contributed by atoms with van der Waals surface area (Å²) in [5.41, 5.74) is 4.80. The number of thiophene rings is 2. The number of aromatic nitrogens is 4. The Balaban J connectivity index is 1.08. The molecule has 0 spiro atoms. The molecule has 11 rings (SSSR count). The molecule has 0 aliphatic heterocycles. The van der Waals surface area contributed by atoms with Crippen LogP contribution in [0.15, 0.2) is 158 Å². The summed E-state index contributed by atoms with van der Waals surface area (Å²) >= 11 is 3.52. The van der Waals surface area contributed by atoms with E-state index >= 15 is 0 Å². The molecule has 11 aromatic rings. The van der Waals surface area contributed by atoms with Gasteiger partial charge in [0, 0.05) is 73.5 Å². The average molecular weight is 692 g/mol. The summed E-state index contributed by atoms with van der Waals surface area (Å²) in [4.78, 5) is 14.2. The molecule has 4 nitrogen and oxygen atoms in total. The molecule has 51 heavy (non-hydrogen) atoms. The third-order valence-electron chi connectivity index (χ3n) is 9.53. The van der Waals surface area contributed by atoms with E-state index in [9.17, 15) is 0 Å². The molecule has 0 radical (unpaired) electrons. The van der Waals surface area contributed by atoms with Crippen molar-refractivity contribution in [2.24, 2.45) is 0 Å². The molecule has 238 valence electrons. The molecular weight excluding hydrogens is 661 g/mol. The molecule has 0 N–H and O–H groups in total. The molecule has 0 aliphatic rings. The van der Waals surface area contributed by atoms with Crippen molar-refractivity contribution in [1.82, 2.24) is 19.5 Å². The Kier molecular flexibility index (Phi) is 5.25. The maximum Gasteiger partial charge on any atom is 0.164 e. The topological polar surface area (TPSA) is 43.6 Å². The third kappa shape index (κ3) is 4.54. The van der Waals surface area contributed by atoms with Crippen LogP contribution < -0.4 is 0 Å². The van der Waals surface area contributed by atoms with E-state index in [1.807, 2.05) is 47.7 Å². The summed E-state index contributed by atoms with van der Waals surface area (Å²) in [6, 6.07) is 42.1. The number of hydrogen-bond acceptors (Lipinski definition) is 5. The van der Waals surface area contributed by atoms with Gasteiger partial charge in [0.25, 0.3) is 0 Å². The fourth-order valence-electron chi connectivity index (χ4n) is 7.20. The van der Waals surface area contributed by atoms with Gasteiger partial charge in [0.05, 0.1) is 17.9 Å². The van der Waals surface area contributed by atoms with Crippen LogP contribution in [-0.2, 0) is 0 Å². The third-order valence-corrected chi connectivity index (χ3v) is 11.8. The van der Waals surface area contributed by atoms with Crippen LogP contribution in [0.4, 0.5) is 0 Å². The zero-order chi connectivity index (χ0) is 37.8. The lowest BCUT2D eigenvalue weighted by Crippen LogP contribution is -1.99. The molecule has 7 aromatic carbocycles. The summed E-state index contributed by atoms with van der Waals surface area (Å²) in [5.74, 6) is 0.710. The Morgan fingerprint density at radius 3 is 1.90 bits per heavy atom. The smallest absolute Gasteiger partial charge is 0.164 e. The first-order valence-electron chi connectivity index (χ1n) is 19.0. The van der Waals surface area contributed by atoms with Crippen molar-refractivity contribution in [3.63, 3.8) is 0 Å². The molecule has 0 aliphatic carbocycles. The Bertz CT molecular complexity index is 3420. The van der Waals surface area contributed by atoms with Crippen molar-refractivity contribution >= 4 is 84.8 Å². The van der Waals surface area contributed by atoms with Crippen LogP contribution in [0.1, 0.15) is 6.85 Å². The van der Waals surface area contributed by atoms with Crippen molar-refractivity contribution < 1.29 is 6.85 Å². The second-order valence-corrected chi connectivity index (χ2v) is 14.6. The van der Waals surface area contributed by atoms with Gasteiger partial charge in [-0.05, 0) is 48.5 Å². The average Bonchev–Trinajstić information content (AvgIpc) is 3.90. The normalized spacial score (nSPS) is 13.3. The van der Waals surface area contributed by atoms with Crippen LogP contribution in [0, 0.1) is 0 Å². The summed E-state index contributed by atoms with van der Waals surface area (Å²) in [6.45, 7) is 0. The second-order valence-electron chi connectivity index (χ2n) is 12.5. The quantitative estimate of drug-likeness (QED) is 0.184. The van der Waals surface area contributed by atoms with Crippen molar-refractivity contribution in [1.29, 1.82) is 0 Å². The predicted octanol–water partition coefficient (Wildman–Crippen LogP) is 12.7. The molecule has 0 amide bonds. The predicted molar refractivity (Wildman–Crippen MR) is 216 cm³/mol. The highest BCUT2D eigenvalue weighted by Crippen LogP contribution is 2.42. The van der Waals surface area contributed by atoms with E-state index in [0.29, 0.717) is 11.6 Å². The summed E-state index contributed by atoms with van der Waals surface area (Å²) in [6.07, 6.45) is 0. The standard InChI is InChI=1S/C45H26N4S2/c1-3-11-27(12-4-1)43-46-44(28-13-5-2-6-14-28)48-45(47-43)29-19-21-33-35-24-30(20-22-40(35)51-41(33)23-29)49-37-17-9-7-15-31(37)34-25-36-32-16-8-10-18-39(32)50-42(36)26-38(34)49/h1-26H/i1D,3D,4D,11D,12D. The van der Waals surface area contributed by atoms with Crippen LogP contribution in [-0.4, -0.2) is 19.5 Å². The van der Waals surface area contributed by atoms with Gasteiger partial charge < -0.3 is 4.57 Å². The SMILES string of the molecule is [2H]c1c([2H])c([2H])c(-c2nc(-c3ccccc3)nc(-c3ccc4c(c3)sc3ccc(-n5c6ccccc6c6cc7c(cc65)sc5ccccc57)cc34)n2)c([2H])c1[2H]. The summed E-state index contributed by atoms with van der Waals surface area (Å²) in [7, 11) is 0. The molecule has 6 heteroatoms. The Morgan fingerprint density at radius 2 is 1.06 bits per heavy atom. The Labute approximate surface area is 307 Å². The van der Waals surface area contributed by atoms with Gasteiger partial charge in [-0.1, -0.05) is 109 Å². The summed E-state index contributed by atoms with van der Waals surface area (Å²) < 4.78 is 49.1. The van der Waals surface area contributed by atoms with Gasteiger partial charge in [-0.15, -0.1) is 22.7 Å². The van der Waals surface area contributed by atoms with Crippen LogP contribution in [0.25, 0.3) is 102 Å². The molecule has 0 unspecified atom stereocenters. The van der Waals surface area contributed by atoms with Gasteiger partial charge in [-0.2, -0.15) is 0 Å². The van der Waals surface area contributed by atoms with E-state index in [1.165, 1.54) is 36.5 Å². The Morgan fingerprint density at radius 1 is 0.412 bits per heavy atom. The molecule has 4 aromatic heterocycles. The lowest BCUT2D eigenvalue weighted by molar-refractivity contribution is 1.07. The van der Waals surface area contributed by atoms with Gasteiger partial charge in [-0.25, -0.2) is 15.0 Å². The van der Waals surface area contributed by atoms with Crippen LogP contribution in [0.2, 0.25) is 0 Å². The zero-order valence-corrected chi connectivity index (χ0v) is 28.4. The lowest BCUT2D eigenvalue weighted by Gasteiger charge is -2.09. The van der Waals surface area contributed by atoms with Gasteiger partial charge >= 0.3 is 0 Å². The van der Waals surface area contributed by atoms with E-state index in [4.69, 9.17) is 16.8 Å². The number of nitrogens with zero attached hydrogens (tertiary/aromatic N) is 4. The van der Waals surface area contributed by atoms with Gasteiger partial charge in [-0.3, -0.25) is 0 Å². The number of rotatable bonds is 4. The van der Waals surface area contributed by atoms with Gasteiger partial charge in [0.2, 0.25) is 0 Å². The van der Waals surface area contributed by atoms with Crippen molar-refractivity contribution in [3.8, 4) is 39.9 Å². The molecule has 0 atom stereocenters. The summed E-state index contributed by atoms with van der Waals surface area (Å²) in [5, 5.41) is 7.26. The van der Waals surface area contributed by atoms with Crippen molar-refractivity contribution in [2.45, 2.75) is 0 Å². The van der Waals surface area contributed by atoms with Gasteiger partial charge in [0.1, 0.15) is 0 Å². The van der Waals surface area contributed by atoms with E-state index < -0.39 is 18.1 Å². The number of para-hydroxylation sites is 1. The number of fused-ring (bicyclic) bond motifs is 9. The highest BCUT2D eigenvalue weighted by molar-refractivity contribution is 7.26.